The van der Waals surface area contributed by atoms with Crippen LogP contribution in [0.5, 0.6) is 0 Å². The number of hydrazine groups is 1. The van der Waals surface area contributed by atoms with Gasteiger partial charge in [0.1, 0.15) is 0 Å². The third-order valence-electron chi connectivity index (χ3n) is 8.79. The molecule has 25 heavy (non-hydrogen) atoms. The van der Waals surface area contributed by atoms with E-state index in [9.17, 15) is 4.79 Å². The van der Waals surface area contributed by atoms with Crippen LogP contribution in [0.2, 0.25) is 0 Å². The Morgan fingerprint density at radius 2 is 1.60 bits per heavy atom. The molecular weight excluding hydrogens is 312 g/mol. The molecule has 3 N–H and O–H groups in total. The first kappa shape index (κ1) is 19.0. The summed E-state index contributed by atoms with van der Waals surface area (Å²) < 4.78 is 0. The van der Waals surface area contributed by atoms with Gasteiger partial charge in [-0.2, -0.15) is 0 Å². The summed E-state index contributed by atoms with van der Waals surface area (Å²) in [5.74, 6) is 3.85. The van der Waals surface area contributed by atoms with Crippen molar-refractivity contribution in [1.29, 1.82) is 0 Å². The Morgan fingerprint density at radius 3 is 2.28 bits per heavy atom. The van der Waals surface area contributed by atoms with Crippen LogP contribution in [0, 0.1) is 40.4 Å². The van der Waals surface area contributed by atoms with E-state index in [0.717, 1.165) is 30.1 Å². The number of carbonyl (C=O) groups is 1. The number of rotatable bonds is 2. The van der Waals surface area contributed by atoms with E-state index in [1.807, 2.05) is 0 Å². The van der Waals surface area contributed by atoms with Crippen LogP contribution < -0.4 is 10.9 Å². The van der Waals surface area contributed by atoms with Gasteiger partial charge in [0.05, 0.1) is 0 Å². The Hall–Kier alpha value is -0.770. The molecule has 0 aromatic heterocycles. The maximum atomic E-state index is 11.0. The van der Waals surface area contributed by atoms with E-state index in [2.05, 4.69) is 45.5 Å². The molecule has 0 heterocycles. The van der Waals surface area contributed by atoms with Gasteiger partial charge in [0, 0.05) is 6.04 Å². The van der Waals surface area contributed by atoms with E-state index in [4.69, 9.17) is 5.11 Å². The molecule has 3 aliphatic carbocycles. The second-order valence-electron chi connectivity index (χ2n) is 10.2. The highest BCUT2D eigenvalue weighted by molar-refractivity contribution is 5.63. The van der Waals surface area contributed by atoms with Crippen LogP contribution in [-0.2, 0) is 0 Å². The van der Waals surface area contributed by atoms with Gasteiger partial charge in [-0.3, -0.25) is 5.43 Å². The SMILES string of the molecule is C[C@@H]1CCC(NNC(=O)O)[C@@]2(C)CC[C@H]3[C@H](C)CC[C@@H](C[C@H]12)C3(C)C. The van der Waals surface area contributed by atoms with Gasteiger partial charge in [0.15, 0.2) is 0 Å². The lowest BCUT2D eigenvalue weighted by molar-refractivity contribution is -0.0826. The molecule has 3 aliphatic rings. The predicted molar refractivity (Wildman–Crippen MR) is 101 cm³/mol. The summed E-state index contributed by atoms with van der Waals surface area (Å²) in [4.78, 5) is 11.0. The van der Waals surface area contributed by atoms with Crippen molar-refractivity contribution in [1.82, 2.24) is 10.9 Å². The Kier molecular flexibility index (Phi) is 5.13. The zero-order valence-electron chi connectivity index (χ0n) is 16.8. The Morgan fingerprint density at radius 1 is 0.960 bits per heavy atom. The molecule has 0 saturated heterocycles. The first-order valence-electron chi connectivity index (χ1n) is 10.4. The van der Waals surface area contributed by atoms with Crippen molar-refractivity contribution < 1.29 is 9.90 Å². The fraction of sp³-hybridized carbons (Fsp3) is 0.952. The summed E-state index contributed by atoms with van der Waals surface area (Å²) in [6.07, 6.45) is 7.88. The predicted octanol–water partition coefficient (Wildman–Crippen LogP) is 5.05. The fourth-order valence-corrected chi connectivity index (χ4v) is 7.04. The van der Waals surface area contributed by atoms with Crippen LogP contribution in [0.4, 0.5) is 4.79 Å². The lowest BCUT2D eigenvalue weighted by atomic mass is 9.48. The molecule has 7 atom stereocenters. The van der Waals surface area contributed by atoms with Crippen LogP contribution >= 0.6 is 0 Å². The maximum Gasteiger partial charge on any atom is 0.419 e. The molecule has 4 nitrogen and oxygen atoms in total. The third-order valence-corrected chi connectivity index (χ3v) is 8.79. The van der Waals surface area contributed by atoms with Crippen LogP contribution in [0.25, 0.3) is 0 Å². The minimum Gasteiger partial charge on any atom is -0.464 e. The van der Waals surface area contributed by atoms with Crippen molar-refractivity contribution in [2.24, 2.45) is 40.4 Å². The molecule has 0 radical (unpaired) electrons. The van der Waals surface area contributed by atoms with Gasteiger partial charge in [-0.15, -0.1) is 0 Å². The molecule has 0 spiro atoms. The quantitative estimate of drug-likeness (QED) is 0.611. The van der Waals surface area contributed by atoms with Crippen LogP contribution in [-0.4, -0.2) is 17.2 Å². The zero-order chi connectivity index (χ0) is 18.4. The number of fused-ring (bicyclic) bond motifs is 3. The third kappa shape index (κ3) is 3.31. The summed E-state index contributed by atoms with van der Waals surface area (Å²) in [6.45, 7) is 12.4. The Balaban J connectivity index is 1.88. The van der Waals surface area contributed by atoms with E-state index >= 15 is 0 Å². The van der Waals surface area contributed by atoms with E-state index in [1.54, 1.807) is 0 Å². The average molecular weight is 351 g/mol. The standard InChI is InChI=1S/C21H38N2O2/c1-13-6-8-15-12-17-14(2)7-9-18(22-23-19(24)25)21(17,5)11-10-16(13)20(15,3)4/h13-18,22-23H,6-12H2,1-5H3,(H,24,25)/t13-,14-,15+,16+,17-,18?,21+/m1/s1. The Bertz CT molecular complexity index is 506. The molecule has 0 aromatic rings. The van der Waals surface area contributed by atoms with Crippen molar-refractivity contribution in [3.63, 3.8) is 0 Å². The summed E-state index contributed by atoms with van der Waals surface area (Å²) in [5.41, 5.74) is 6.27. The van der Waals surface area contributed by atoms with Crippen LogP contribution in [0.1, 0.15) is 79.6 Å². The summed E-state index contributed by atoms with van der Waals surface area (Å²) in [6, 6.07) is 0.252. The van der Waals surface area contributed by atoms with E-state index in [0.29, 0.717) is 11.3 Å². The number of hydrogen-bond donors (Lipinski definition) is 3. The molecule has 3 saturated carbocycles. The van der Waals surface area contributed by atoms with Crippen molar-refractivity contribution in [3.8, 4) is 0 Å². The largest absolute Gasteiger partial charge is 0.464 e. The first-order valence-corrected chi connectivity index (χ1v) is 10.4. The van der Waals surface area contributed by atoms with Gasteiger partial charge in [-0.1, -0.05) is 41.0 Å². The van der Waals surface area contributed by atoms with Crippen molar-refractivity contribution in [2.45, 2.75) is 85.6 Å². The number of carboxylic acid groups (broad SMARTS) is 1. The highest BCUT2D eigenvalue weighted by Gasteiger charge is 2.53. The first-order chi connectivity index (χ1) is 11.7. The Labute approximate surface area is 153 Å². The van der Waals surface area contributed by atoms with Crippen molar-refractivity contribution in [3.05, 3.63) is 0 Å². The lowest BCUT2D eigenvalue weighted by Gasteiger charge is -2.59. The molecule has 3 rings (SSSR count). The normalized spacial score (nSPS) is 46.4. The van der Waals surface area contributed by atoms with Gasteiger partial charge >= 0.3 is 6.09 Å². The van der Waals surface area contributed by atoms with Gasteiger partial charge in [-0.05, 0) is 78.9 Å². The van der Waals surface area contributed by atoms with E-state index in [1.165, 1.54) is 38.5 Å². The van der Waals surface area contributed by atoms with Crippen LogP contribution in [0.3, 0.4) is 0 Å². The lowest BCUT2D eigenvalue weighted by Crippen LogP contribution is -2.59. The number of hydrogen-bond acceptors (Lipinski definition) is 2. The molecule has 1 unspecified atom stereocenters. The summed E-state index contributed by atoms with van der Waals surface area (Å²) in [7, 11) is 0. The minimum atomic E-state index is -0.976. The monoisotopic (exact) mass is 350 g/mol. The molecule has 4 heteroatoms. The summed E-state index contributed by atoms with van der Waals surface area (Å²) in [5, 5.41) is 9.04. The van der Waals surface area contributed by atoms with E-state index < -0.39 is 6.09 Å². The van der Waals surface area contributed by atoms with Gasteiger partial charge in [0.25, 0.3) is 0 Å². The highest BCUT2D eigenvalue weighted by atomic mass is 16.4. The average Bonchev–Trinajstić information content (AvgIpc) is 2.51. The molecular formula is C21H38N2O2. The molecule has 0 aromatic carbocycles. The number of amides is 1. The number of nitrogens with one attached hydrogen (secondary N) is 2. The molecule has 1 amide bonds. The second-order valence-corrected chi connectivity index (χ2v) is 10.2. The smallest absolute Gasteiger partial charge is 0.419 e. The molecule has 144 valence electrons. The molecule has 2 bridgehead atoms. The second kappa shape index (κ2) is 6.75. The zero-order valence-corrected chi connectivity index (χ0v) is 16.8. The molecule has 0 aliphatic heterocycles. The fourth-order valence-electron chi connectivity index (χ4n) is 7.04. The van der Waals surface area contributed by atoms with Gasteiger partial charge < -0.3 is 5.11 Å². The van der Waals surface area contributed by atoms with E-state index in [-0.39, 0.29) is 11.5 Å². The van der Waals surface area contributed by atoms with Crippen molar-refractivity contribution >= 4 is 6.09 Å². The highest BCUT2D eigenvalue weighted by Crippen LogP contribution is 2.60. The summed E-state index contributed by atoms with van der Waals surface area (Å²) >= 11 is 0. The maximum absolute atomic E-state index is 11.0. The van der Waals surface area contributed by atoms with Gasteiger partial charge in [-0.25, -0.2) is 10.2 Å². The minimum absolute atomic E-state index is 0.185. The van der Waals surface area contributed by atoms with Crippen molar-refractivity contribution in [2.75, 3.05) is 0 Å². The molecule has 3 fully saturated rings. The topological polar surface area (TPSA) is 61.4 Å². The van der Waals surface area contributed by atoms with Crippen LogP contribution in [0.15, 0.2) is 0 Å². The van der Waals surface area contributed by atoms with Gasteiger partial charge in [0.2, 0.25) is 0 Å².